The highest BCUT2D eigenvalue weighted by Gasteiger charge is 2.53. The molecule has 184 valence electrons. The molecule has 1 saturated heterocycles. The molecular formula is C23H30FN5O4S. The van der Waals surface area contributed by atoms with E-state index in [2.05, 4.69) is 15.5 Å². The van der Waals surface area contributed by atoms with Crippen LogP contribution in [0.1, 0.15) is 44.2 Å². The fraction of sp³-hybridized carbons (Fsp3) is 0.522. The number of anilines is 2. The zero-order valence-electron chi connectivity index (χ0n) is 19.8. The third-order valence-electron chi connectivity index (χ3n) is 6.50. The Morgan fingerprint density at radius 2 is 1.94 bits per heavy atom. The van der Waals surface area contributed by atoms with E-state index in [0.717, 1.165) is 0 Å². The highest BCUT2D eigenvalue weighted by atomic mass is 32.2. The molecular weight excluding hydrogens is 461 g/mol. The summed E-state index contributed by atoms with van der Waals surface area (Å²) in [5.74, 6) is 1.04. The summed E-state index contributed by atoms with van der Waals surface area (Å²) in [5.41, 5.74) is 2.39. The van der Waals surface area contributed by atoms with Crippen LogP contribution in [0.25, 0.3) is 11.4 Å². The van der Waals surface area contributed by atoms with Gasteiger partial charge >= 0.3 is 6.03 Å². The van der Waals surface area contributed by atoms with E-state index >= 15 is 0 Å². The summed E-state index contributed by atoms with van der Waals surface area (Å²) in [7, 11) is -3.51. The number of hydrogen-bond acceptors (Lipinski definition) is 7. The minimum atomic E-state index is -3.51. The maximum absolute atomic E-state index is 13.3. The number of carbonyl (C=O) groups is 1. The number of ether oxygens (including phenoxy) is 1. The van der Waals surface area contributed by atoms with E-state index in [1.807, 2.05) is 6.92 Å². The van der Waals surface area contributed by atoms with Crippen molar-refractivity contribution in [3.8, 4) is 11.4 Å². The first kappa shape index (κ1) is 24.3. The van der Waals surface area contributed by atoms with Gasteiger partial charge in [-0.25, -0.2) is 27.6 Å². The van der Waals surface area contributed by atoms with Crippen molar-refractivity contribution in [2.75, 3.05) is 43.2 Å². The molecule has 3 heterocycles. The minimum Gasteiger partial charge on any atom is -0.377 e. The number of sulfone groups is 1. The second-order valence-electron chi connectivity index (χ2n) is 9.10. The summed E-state index contributed by atoms with van der Waals surface area (Å²) in [5, 5.41) is 4.32. The summed E-state index contributed by atoms with van der Waals surface area (Å²) in [6, 6.07) is 6.46. The van der Waals surface area contributed by atoms with Gasteiger partial charge in [0.15, 0.2) is 15.7 Å². The molecule has 0 radical (unpaired) electrons. The van der Waals surface area contributed by atoms with Crippen LogP contribution in [0.5, 0.6) is 0 Å². The van der Waals surface area contributed by atoms with Crippen molar-refractivity contribution >= 4 is 27.4 Å². The van der Waals surface area contributed by atoms with Crippen LogP contribution in [-0.2, 0) is 19.3 Å². The first-order valence-corrected chi connectivity index (χ1v) is 12.8. The first-order valence-electron chi connectivity index (χ1n) is 11.3. The van der Waals surface area contributed by atoms with Gasteiger partial charge in [0, 0.05) is 29.9 Å². The van der Waals surface area contributed by atoms with Gasteiger partial charge in [0.05, 0.1) is 30.2 Å². The van der Waals surface area contributed by atoms with Crippen molar-refractivity contribution in [1.29, 1.82) is 0 Å². The van der Waals surface area contributed by atoms with Gasteiger partial charge in [-0.2, -0.15) is 0 Å². The normalized spacial score (nSPS) is 22.8. The molecule has 4 rings (SSSR count). The van der Waals surface area contributed by atoms with Gasteiger partial charge in [-0.1, -0.05) is 0 Å². The molecule has 11 heteroatoms. The second kappa shape index (κ2) is 9.10. The van der Waals surface area contributed by atoms with Crippen LogP contribution in [0.15, 0.2) is 24.3 Å². The topological polar surface area (TPSA) is 114 Å². The van der Waals surface area contributed by atoms with Crippen LogP contribution in [0.2, 0.25) is 0 Å². The lowest BCUT2D eigenvalue weighted by Crippen LogP contribution is -2.44. The van der Waals surface area contributed by atoms with Crippen LogP contribution in [0.4, 0.5) is 20.7 Å². The van der Waals surface area contributed by atoms with E-state index in [9.17, 15) is 17.6 Å². The van der Waals surface area contributed by atoms with Gasteiger partial charge in [0.2, 0.25) is 0 Å². The molecule has 1 aromatic heterocycles. The highest BCUT2D eigenvalue weighted by Crippen LogP contribution is 2.51. The largest absolute Gasteiger partial charge is 0.377 e. The van der Waals surface area contributed by atoms with Crippen molar-refractivity contribution in [2.24, 2.45) is 0 Å². The SMILES string of the molecule is CC1COCCN1c1nc(-c2ccc(NC(=O)NCCF)cc2)nc2c1C(C)S(=O)(=O)C2(C)C. The first-order chi connectivity index (χ1) is 16.1. The molecule has 2 aromatic rings. The number of halogens is 1. The number of urea groups is 1. The molecule has 1 aromatic carbocycles. The number of amides is 2. The van der Waals surface area contributed by atoms with Crippen LogP contribution >= 0.6 is 0 Å². The van der Waals surface area contributed by atoms with Crippen LogP contribution in [-0.4, -0.2) is 63.4 Å². The minimum absolute atomic E-state index is 0.0358. The number of benzene rings is 1. The Hall–Kier alpha value is -2.79. The molecule has 2 aliphatic rings. The van der Waals surface area contributed by atoms with Crippen LogP contribution in [0, 0.1) is 0 Å². The quantitative estimate of drug-likeness (QED) is 0.660. The molecule has 0 bridgehead atoms. The molecule has 0 saturated carbocycles. The Bertz CT molecular complexity index is 1190. The third kappa shape index (κ3) is 4.11. The molecule has 2 N–H and O–H groups in total. The van der Waals surface area contributed by atoms with E-state index in [1.165, 1.54) is 0 Å². The number of rotatable bonds is 5. The van der Waals surface area contributed by atoms with Gasteiger partial charge in [-0.05, 0) is 52.0 Å². The number of fused-ring (bicyclic) bond motifs is 1. The molecule has 2 atom stereocenters. The maximum atomic E-state index is 13.3. The Labute approximate surface area is 199 Å². The van der Waals surface area contributed by atoms with E-state index in [0.29, 0.717) is 53.9 Å². The van der Waals surface area contributed by atoms with Crippen LogP contribution in [0.3, 0.4) is 0 Å². The van der Waals surface area contributed by atoms with Crippen LogP contribution < -0.4 is 15.5 Å². The molecule has 9 nitrogen and oxygen atoms in total. The number of hydrogen-bond donors (Lipinski definition) is 2. The highest BCUT2D eigenvalue weighted by molar-refractivity contribution is 7.92. The number of nitrogens with zero attached hydrogens (tertiary/aromatic N) is 3. The smallest absolute Gasteiger partial charge is 0.319 e. The fourth-order valence-electron chi connectivity index (χ4n) is 4.45. The standard InChI is InChI=1S/C23H30FN5O4S/c1-14-13-33-12-11-29(14)21-18-15(2)34(31,32)23(3,4)19(18)27-20(28-21)16-5-7-17(8-6-16)26-22(30)25-10-9-24/h5-8,14-15H,9-13H2,1-4H3,(H2,25,26,30). The summed E-state index contributed by atoms with van der Waals surface area (Å²) in [4.78, 5) is 23.5. The van der Waals surface area contributed by atoms with Gasteiger partial charge in [-0.3, -0.25) is 0 Å². The average molecular weight is 492 g/mol. The summed E-state index contributed by atoms with van der Waals surface area (Å²) in [6.07, 6.45) is 0. The lowest BCUT2D eigenvalue weighted by atomic mass is 10.0. The molecule has 2 unspecified atom stereocenters. The molecule has 0 aliphatic carbocycles. The number of morpholine rings is 1. The van der Waals surface area contributed by atoms with Gasteiger partial charge < -0.3 is 20.3 Å². The lowest BCUT2D eigenvalue weighted by molar-refractivity contribution is 0.0984. The molecule has 2 amide bonds. The summed E-state index contributed by atoms with van der Waals surface area (Å²) >= 11 is 0. The van der Waals surface area contributed by atoms with Gasteiger partial charge in [-0.15, -0.1) is 0 Å². The number of carbonyl (C=O) groups excluding carboxylic acids is 1. The zero-order chi connectivity index (χ0) is 24.7. The molecule has 34 heavy (non-hydrogen) atoms. The van der Waals surface area contributed by atoms with E-state index in [4.69, 9.17) is 14.7 Å². The van der Waals surface area contributed by atoms with E-state index in [-0.39, 0.29) is 12.6 Å². The Balaban J connectivity index is 1.77. The molecule has 1 fully saturated rings. The average Bonchev–Trinajstić information content (AvgIpc) is 2.95. The van der Waals surface area contributed by atoms with E-state index < -0.39 is 32.5 Å². The van der Waals surface area contributed by atoms with E-state index in [1.54, 1.807) is 45.0 Å². The Morgan fingerprint density at radius 3 is 2.59 bits per heavy atom. The maximum Gasteiger partial charge on any atom is 0.319 e. The lowest BCUT2D eigenvalue weighted by Gasteiger charge is -2.36. The predicted molar refractivity (Wildman–Crippen MR) is 128 cm³/mol. The van der Waals surface area contributed by atoms with Crippen molar-refractivity contribution < 1.29 is 22.3 Å². The summed E-state index contributed by atoms with van der Waals surface area (Å²) < 4.78 is 43.2. The Kier molecular flexibility index (Phi) is 6.52. The van der Waals surface area contributed by atoms with Gasteiger partial charge in [0.1, 0.15) is 17.2 Å². The number of alkyl halides is 1. The van der Waals surface area contributed by atoms with Crippen molar-refractivity contribution in [3.05, 3.63) is 35.5 Å². The zero-order valence-corrected chi connectivity index (χ0v) is 20.6. The number of nitrogens with one attached hydrogen (secondary N) is 2. The second-order valence-corrected chi connectivity index (χ2v) is 11.9. The predicted octanol–water partition coefficient (Wildman–Crippen LogP) is 3.18. The van der Waals surface area contributed by atoms with Crippen molar-refractivity contribution in [2.45, 2.75) is 43.7 Å². The monoisotopic (exact) mass is 491 g/mol. The Morgan fingerprint density at radius 1 is 1.24 bits per heavy atom. The molecule has 2 aliphatic heterocycles. The number of aromatic nitrogens is 2. The molecule has 0 spiro atoms. The van der Waals surface area contributed by atoms with Crippen molar-refractivity contribution in [3.63, 3.8) is 0 Å². The third-order valence-corrected chi connectivity index (χ3v) is 9.28. The van der Waals surface area contributed by atoms with Gasteiger partial charge in [0.25, 0.3) is 0 Å². The van der Waals surface area contributed by atoms with Crippen molar-refractivity contribution in [1.82, 2.24) is 15.3 Å². The summed E-state index contributed by atoms with van der Waals surface area (Å²) in [6.45, 7) is 8.08. The fourth-order valence-corrected chi connectivity index (χ4v) is 6.29.